The van der Waals surface area contributed by atoms with Gasteiger partial charge < -0.3 is 25.4 Å². The minimum Gasteiger partial charge on any atom is -0.425 e. The molecule has 12 heteroatoms. The largest absolute Gasteiger partial charge is 0.576 e. The first-order valence-corrected chi connectivity index (χ1v) is 8.29. The van der Waals surface area contributed by atoms with Crippen LogP contribution < -0.4 is 20.7 Å². The Kier molecular flexibility index (Phi) is 8.42. The molecule has 160 valence electrons. The number of anilines is 1. The third-order valence-electron chi connectivity index (χ3n) is 3.24. The Hall–Kier alpha value is -3.31. The molecule has 0 unspecified atom stereocenters. The van der Waals surface area contributed by atoms with E-state index in [9.17, 15) is 32.3 Å². The Morgan fingerprint density at radius 2 is 1.66 bits per heavy atom. The molecule has 0 saturated carbocycles. The van der Waals surface area contributed by atoms with E-state index in [0.717, 1.165) is 0 Å². The molecule has 0 saturated heterocycles. The number of alkyl carbamates (subject to hydrolysis) is 1. The number of hydrogen-bond acceptors (Lipinski definition) is 6. The smallest absolute Gasteiger partial charge is 0.425 e. The van der Waals surface area contributed by atoms with Gasteiger partial charge in [0.1, 0.15) is 18.3 Å². The molecule has 9 nitrogen and oxygen atoms in total. The second-order valence-electron chi connectivity index (χ2n) is 6.10. The number of benzene rings is 1. The molecule has 3 amide bonds. The summed E-state index contributed by atoms with van der Waals surface area (Å²) in [4.78, 5) is 46.0. The fourth-order valence-corrected chi connectivity index (χ4v) is 2.04. The first-order chi connectivity index (χ1) is 13.4. The lowest BCUT2D eigenvalue weighted by atomic mass is 10.0. The zero-order valence-electron chi connectivity index (χ0n) is 15.8. The Morgan fingerprint density at radius 3 is 2.14 bits per heavy atom. The number of esters is 1. The number of ether oxygens (including phenoxy) is 2. The zero-order valence-corrected chi connectivity index (χ0v) is 15.8. The van der Waals surface area contributed by atoms with E-state index in [-0.39, 0.29) is 11.7 Å². The van der Waals surface area contributed by atoms with E-state index in [1.54, 1.807) is 5.32 Å². The highest BCUT2D eigenvalue weighted by atomic mass is 19.4. The number of hydrogen-bond donors (Lipinski definition) is 3. The highest BCUT2D eigenvalue weighted by Crippen LogP contribution is 2.17. The van der Waals surface area contributed by atoms with E-state index in [4.69, 9.17) is 4.74 Å². The lowest BCUT2D eigenvalue weighted by Gasteiger charge is -2.21. The van der Waals surface area contributed by atoms with Crippen molar-refractivity contribution in [3.05, 3.63) is 24.3 Å². The Morgan fingerprint density at radius 1 is 1.07 bits per heavy atom. The summed E-state index contributed by atoms with van der Waals surface area (Å²) >= 11 is 0. The molecule has 0 aliphatic rings. The van der Waals surface area contributed by atoms with Gasteiger partial charge in [-0.2, -0.15) is 0 Å². The lowest BCUT2D eigenvalue weighted by molar-refractivity contribution is -0.291. The van der Waals surface area contributed by atoms with Crippen LogP contribution in [-0.2, 0) is 19.1 Å². The summed E-state index contributed by atoms with van der Waals surface area (Å²) in [5.41, 5.74) is 0.488. The molecule has 0 heterocycles. The van der Waals surface area contributed by atoms with Gasteiger partial charge >= 0.3 is 18.4 Å². The Labute approximate surface area is 163 Å². The molecular formula is C17H20F3N3O6. The highest BCUT2D eigenvalue weighted by Gasteiger charge is 2.36. The van der Waals surface area contributed by atoms with Gasteiger partial charge in [-0.25, -0.2) is 9.59 Å². The topological polar surface area (TPSA) is 123 Å². The maximum atomic E-state index is 12.1. The van der Waals surface area contributed by atoms with Gasteiger partial charge in [-0.3, -0.25) is 9.59 Å². The van der Waals surface area contributed by atoms with Crippen molar-refractivity contribution in [2.75, 3.05) is 11.9 Å². The maximum Gasteiger partial charge on any atom is 0.576 e. The molecule has 3 N–H and O–H groups in total. The van der Waals surface area contributed by atoms with Gasteiger partial charge in [0.25, 0.3) is 0 Å². The summed E-state index contributed by atoms with van der Waals surface area (Å²) < 4.78 is 44.3. The molecule has 0 radical (unpaired) electrons. The monoisotopic (exact) mass is 419 g/mol. The van der Waals surface area contributed by atoms with Crippen molar-refractivity contribution in [2.24, 2.45) is 5.92 Å². The normalized spacial score (nSPS) is 12.0. The van der Waals surface area contributed by atoms with Crippen molar-refractivity contribution in [1.82, 2.24) is 10.6 Å². The summed E-state index contributed by atoms with van der Waals surface area (Å²) in [5.74, 6) is -2.47. The average molecular weight is 419 g/mol. The number of rotatable bonds is 7. The predicted molar refractivity (Wildman–Crippen MR) is 93.7 cm³/mol. The lowest BCUT2D eigenvalue weighted by Crippen LogP contribution is -2.51. The summed E-state index contributed by atoms with van der Waals surface area (Å²) in [5, 5.41) is 6.48. The minimum absolute atomic E-state index is 0.144. The Balaban J connectivity index is 2.56. The van der Waals surface area contributed by atoms with Gasteiger partial charge in [0.2, 0.25) is 11.8 Å². The molecule has 1 aromatic carbocycles. The van der Waals surface area contributed by atoms with Crippen LogP contribution in [0.4, 0.5) is 23.7 Å². The van der Waals surface area contributed by atoms with E-state index < -0.39 is 42.8 Å². The summed E-state index contributed by atoms with van der Waals surface area (Å²) in [7, 11) is 0. The van der Waals surface area contributed by atoms with E-state index in [1.807, 2.05) is 0 Å². The second kappa shape index (κ2) is 10.3. The van der Waals surface area contributed by atoms with Gasteiger partial charge in [-0.1, -0.05) is 13.8 Å². The van der Waals surface area contributed by atoms with Gasteiger partial charge in [0.15, 0.2) is 0 Å². The number of amides is 3. The van der Waals surface area contributed by atoms with E-state index in [0.29, 0.717) is 5.69 Å². The quantitative estimate of drug-likeness (QED) is 0.459. The number of nitrogens with one attached hydrogen (secondary N) is 3. The van der Waals surface area contributed by atoms with E-state index in [1.165, 1.54) is 45.0 Å². The van der Waals surface area contributed by atoms with Crippen molar-refractivity contribution >= 4 is 29.6 Å². The molecule has 1 atom stereocenters. The summed E-state index contributed by atoms with van der Waals surface area (Å²) in [6.45, 7) is 3.70. The molecule has 0 aliphatic carbocycles. The van der Waals surface area contributed by atoms with Crippen LogP contribution in [0.1, 0.15) is 20.8 Å². The van der Waals surface area contributed by atoms with Crippen LogP contribution in [0.3, 0.4) is 0 Å². The van der Waals surface area contributed by atoms with Gasteiger partial charge in [0, 0.05) is 12.6 Å². The molecule has 1 rings (SSSR count). The predicted octanol–water partition coefficient (Wildman–Crippen LogP) is 1.94. The van der Waals surface area contributed by atoms with Crippen molar-refractivity contribution in [3.63, 3.8) is 0 Å². The number of alkyl halides is 3. The standard InChI is InChI=1S/C17H20F3N3O6/c1-9(2)14(23-16(27)29-17(18,19)20)15(26)21-8-13(25)28-12-6-4-11(5-7-12)22-10(3)24/h4-7,9,14H,8H2,1-3H3,(H,21,26)(H,22,24)(H,23,27)/t14-/m0/s1. The molecule has 0 bridgehead atoms. The molecule has 0 spiro atoms. The SMILES string of the molecule is CC(=O)Nc1ccc(OC(=O)CNC(=O)[C@@H](NC(=O)OC(F)(F)F)C(C)C)cc1. The molecule has 1 aromatic rings. The van der Waals surface area contributed by atoms with Crippen LogP contribution in [0.5, 0.6) is 5.75 Å². The van der Waals surface area contributed by atoms with Gasteiger partial charge in [0.05, 0.1) is 0 Å². The van der Waals surface area contributed by atoms with Crippen molar-refractivity contribution in [2.45, 2.75) is 33.2 Å². The van der Waals surface area contributed by atoms with E-state index >= 15 is 0 Å². The van der Waals surface area contributed by atoms with Crippen molar-refractivity contribution in [3.8, 4) is 5.75 Å². The average Bonchev–Trinajstić information content (AvgIpc) is 2.57. The van der Waals surface area contributed by atoms with Gasteiger partial charge in [-0.05, 0) is 30.2 Å². The minimum atomic E-state index is -5.19. The van der Waals surface area contributed by atoms with Crippen molar-refractivity contribution < 1.29 is 41.8 Å². The maximum absolute atomic E-state index is 12.1. The second-order valence-corrected chi connectivity index (χ2v) is 6.10. The number of carbonyl (C=O) groups is 4. The zero-order chi connectivity index (χ0) is 22.2. The third-order valence-corrected chi connectivity index (χ3v) is 3.24. The van der Waals surface area contributed by atoms with Crippen LogP contribution in [0.2, 0.25) is 0 Å². The number of carbonyl (C=O) groups excluding carboxylic acids is 4. The molecule has 0 aliphatic heterocycles. The molecule has 0 aromatic heterocycles. The molecule has 29 heavy (non-hydrogen) atoms. The molecular weight excluding hydrogens is 399 g/mol. The van der Waals surface area contributed by atoms with E-state index in [2.05, 4.69) is 15.4 Å². The van der Waals surface area contributed by atoms with Crippen LogP contribution in [0.15, 0.2) is 24.3 Å². The molecule has 0 fully saturated rings. The summed E-state index contributed by atoms with van der Waals surface area (Å²) in [6, 6.07) is 4.45. The van der Waals surface area contributed by atoms with Crippen LogP contribution >= 0.6 is 0 Å². The van der Waals surface area contributed by atoms with Gasteiger partial charge in [-0.15, -0.1) is 13.2 Å². The number of halogens is 3. The van der Waals surface area contributed by atoms with Crippen LogP contribution in [-0.4, -0.2) is 42.8 Å². The Bertz CT molecular complexity index is 750. The van der Waals surface area contributed by atoms with Crippen LogP contribution in [0.25, 0.3) is 0 Å². The summed E-state index contributed by atoms with van der Waals surface area (Å²) in [6.07, 6.45) is -7.03. The fourth-order valence-electron chi connectivity index (χ4n) is 2.04. The fraction of sp³-hybridized carbons (Fsp3) is 0.412. The van der Waals surface area contributed by atoms with Crippen LogP contribution in [0, 0.1) is 5.92 Å². The highest BCUT2D eigenvalue weighted by molar-refractivity contribution is 5.89. The first-order valence-electron chi connectivity index (χ1n) is 8.29. The third kappa shape index (κ3) is 9.44. The van der Waals surface area contributed by atoms with Crippen molar-refractivity contribution in [1.29, 1.82) is 0 Å². The first kappa shape index (κ1) is 23.7.